The summed E-state index contributed by atoms with van der Waals surface area (Å²) in [6.07, 6.45) is 0.389. The Hall–Kier alpha value is -1.22. The van der Waals surface area contributed by atoms with Crippen LogP contribution < -0.4 is 10.2 Å². The number of nitrogens with zero attached hydrogens (tertiary/aromatic N) is 1. The number of Topliss-reactive ketones (excluding diaryl/α,β-unsaturated/α-hetero) is 1. The minimum Gasteiger partial charge on any atom is -0.360 e. The zero-order valence-electron chi connectivity index (χ0n) is 8.46. The van der Waals surface area contributed by atoms with E-state index in [2.05, 4.69) is 5.32 Å². The van der Waals surface area contributed by atoms with Crippen LogP contribution in [0.4, 0.5) is 11.4 Å². The second-order valence-corrected chi connectivity index (χ2v) is 3.86. The first-order valence-electron chi connectivity index (χ1n) is 4.78. The number of carbonyl (C=O) groups excluding carboxylic acids is 1. The van der Waals surface area contributed by atoms with Gasteiger partial charge in [-0.25, -0.2) is 0 Å². The quantitative estimate of drug-likeness (QED) is 0.631. The second-order valence-electron chi connectivity index (χ2n) is 3.48. The van der Waals surface area contributed by atoms with E-state index in [0.717, 1.165) is 11.4 Å². The lowest BCUT2D eigenvalue weighted by Gasteiger charge is -2.08. The van der Waals surface area contributed by atoms with Crippen LogP contribution in [0.2, 0.25) is 0 Å². The minimum absolute atomic E-state index is 0.0872. The maximum Gasteiger partial charge on any atom is 0.164 e. The molecule has 79 valence electrons. The number of ketones is 1. The molecule has 3 nitrogen and oxygen atoms in total. The molecule has 1 radical (unpaired) electrons. The number of hydrogen-bond acceptors (Lipinski definition) is 3. The van der Waals surface area contributed by atoms with E-state index in [1.54, 1.807) is 0 Å². The number of fused-ring (bicyclic) bond motifs is 1. The van der Waals surface area contributed by atoms with Crippen LogP contribution in [0.5, 0.6) is 0 Å². The summed E-state index contributed by atoms with van der Waals surface area (Å²) in [4.78, 5) is 13.6. The van der Waals surface area contributed by atoms with Gasteiger partial charge in [0.1, 0.15) is 6.67 Å². The summed E-state index contributed by atoms with van der Waals surface area (Å²) in [5, 5.41) is 3.10. The third-order valence-corrected chi connectivity index (χ3v) is 2.62. The fourth-order valence-corrected chi connectivity index (χ4v) is 1.77. The SMILES string of the molecule is CN1[CH]Nc2cc(C(=O)CCCl)ccc21. The minimum atomic E-state index is 0.0872. The number of alkyl halides is 1. The first kappa shape index (κ1) is 10.3. The fourth-order valence-electron chi connectivity index (χ4n) is 1.60. The molecule has 1 aromatic rings. The van der Waals surface area contributed by atoms with Crippen molar-refractivity contribution in [2.75, 3.05) is 23.1 Å². The average molecular weight is 224 g/mol. The first-order chi connectivity index (χ1) is 7.22. The molecule has 15 heavy (non-hydrogen) atoms. The summed E-state index contributed by atoms with van der Waals surface area (Å²) < 4.78 is 0. The number of hydrogen-bond donors (Lipinski definition) is 1. The van der Waals surface area contributed by atoms with E-state index in [9.17, 15) is 4.79 Å². The highest BCUT2D eigenvalue weighted by Gasteiger charge is 2.17. The Morgan fingerprint density at radius 3 is 3.07 bits per heavy atom. The highest BCUT2D eigenvalue weighted by atomic mass is 35.5. The van der Waals surface area contributed by atoms with Gasteiger partial charge in [-0.15, -0.1) is 11.6 Å². The van der Waals surface area contributed by atoms with Crippen molar-refractivity contribution in [1.82, 2.24) is 0 Å². The molecule has 0 amide bonds. The van der Waals surface area contributed by atoms with Gasteiger partial charge < -0.3 is 10.2 Å². The van der Waals surface area contributed by atoms with Crippen molar-refractivity contribution in [3.8, 4) is 0 Å². The van der Waals surface area contributed by atoms with Crippen LogP contribution in [-0.2, 0) is 0 Å². The van der Waals surface area contributed by atoms with Crippen molar-refractivity contribution in [3.05, 3.63) is 30.4 Å². The van der Waals surface area contributed by atoms with Gasteiger partial charge in [-0.3, -0.25) is 4.79 Å². The molecular formula is C11H12ClN2O. The molecule has 0 aromatic heterocycles. The van der Waals surface area contributed by atoms with Crippen molar-refractivity contribution in [2.24, 2.45) is 0 Å². The Labute approximate surface area is 94.0 Å². The maximum atomic E-state index is 11.6. The lowest BCUT2D eigenvalue weighted by molar-refractivity contribution is 0.0989. The summed E-state index contributed by atoms with van der Waals surface area (Å²) in [5.41, 5.74) is 2.76. The van der Waals surface area contributed by atoms with E-state index in [1.165, 1.54) is 0 Å². The zero-order chi connectivity index (χ0) is 10.8. The molecule has 4 heteroatoms. The van der Waals surface area contributed by atoms with Gasteiger partial charge >= 0.3 is 0 Å². The average Bonchev–Trinajstić information content (AvgIpc) is 2.60. The third-order valence-electron chi connectivity index (χ3n) is 2.43. The molecule has 0 atom stereocenters. The predicted octanol–water partition coefficient (Wildman–Crippen LogP) is 2.48. The highest BCUT2D eigenvalue weighted by Crippen LogP contribution is 2.32. The number of nitrogens with one attached hydrogen (secondary N) is 1. The summed E-state index contributed by atoms with van der Waals surface area (Å²) >= 11 is 5.54. The van der Waals surface area contributed by atoms with Crippen LogP contribution in [0.1, 0.15) is 16.8 Å². The summed E-state index contributed by atoms with van der Waals surface area (Å²) in [5.74, 6) is 0.458. The molecule has 1 heterocycles. The van der Waals surface area contributed by atoms with Gasteiger partial charge in [-0.1, -0.05) is 0 Å². The van der Waals surface area contributed by atoms with E-state index in [1.807, 2.05) is 36.8 Å². The molecule has 1 aliphatic rings. The summed E-state index contributed by atoms with van der Waals surface area (Å²) in [7, 11) is 1.96. The molecule has 2 rings (SSSR count). The molecule has 0 bridgehead atoms. The van der Waals surface area contributed by atoms with Crippen molar-refractivity contribution in [3.63, 3.8) is 0 Å². The van der Waals surface area contributed by atoms with Crippen LogP contribution in [0.3, 0.4) is 0 Å². The smallest absolute Gasteiger partial charge is 0.164 e. The van der Waals surface area contributed by atoms with E-state index in [-0.39, 0.29) is 5.78 Å². The van der Waals surface area contributed by atoms with Gasteiger partial charge in [0, 0.05) is 24.9 Å². The summed E-state index contributed by atoms with van der Waals surface area (Å²) in [6, 6.07) is 5.64. The number of carbonyl (C=O) groups is 1. The molecule has 0 spiro atoms. The Morgan fingerprint density at radius 2 is 2.33 bits per heavy atom. The predicted molar refractivity (Wildman–Crippen MR) is 62.4 cm³/mol. The molecule has 0 unspecified atom stereocenters. The van der Waals surface area contributed by atoms with Crippen LogP contribution in [0.25, 0.3) is 0 Å². The normalized spacial score (nSPS) is 13.6. The van der Waals surface area contributed by atoms with E-state index >= 15 is 0 Å². The van der Waals surface area contributed by atoms with Crippen molar-refractivity contribution in [1.29, 1.82) is 0 Å². The van der Waals surface area contributed by atoms with Crippen molar-refractivity contribution in [2.45, 2.75) is 6.42 Å². The van der Waals surface area contributed by atoms with Gasteiger partial charge in [-0.05, 0) is 18.2 Å². The van der Waals surface area contributed by atoms with Gasteiger partial charge in [0.05, 0.1) is 11.4 Å². The van der Waals surface area contributed by atoms with Crippen molar-refractivity contribution < 1.29 is 4.79 Å². The standard InChI is InChI=1S/C11H12ClN2O/c1-14-7-13-9-6-8(2-3-10(9)14)11(15)4-5-12/h2-3,6-7,13H,4-5H2,1H3. The van der Waals surface area contributed by atoms with E-state index < -0.39 is 0 Å². The Morgan fingerprint density at radius 1 is 1.53 bits per heavy atom. The van der Waals surface area contributed by atoms with Crippen LogP contribution >= 0.6 is 11.6 Å². The first-order valence-corrected chi connectivity index (χ1v) is 5.32. The largest absolute Gasteiger partial charge is 0.360 e. The van der Waals surface area contributed by atoms with Gasteiger partial charge in [0.2, 0.25) is 0 Å². The lowest BCUT2D eigenvalue weighted by Crippen LogP contribution is -2.09. The number of anilines is 2. The van der Waals surface area contributed by atoms with Crippen LogP contribution in [-0.4, -0.2) is 18.7 Å². The topological polar surface area (TPSA) is 32.3 Å². The molecular weight excluding hydrogens is 212 g/mol. The summed E-state index contributed by atoms with van der Waals surface area (Å²) in [6.45, 7) is 1.86. The lowest BCUT2D eigenvalue weighted by atomic mass is 10.1. The van der Waals surface area contributed by atoms with Gasteiger partial charge in [0.25, 0.3) is 0 Å². The second kappa shape index (κ2) is 4.11. The molecule has 1 aromatic carbocycles. The molecule has 0 saturated carbocycles. The molecule has 0 saturated heterocycles. The van der Waals surface area contributed by atoms with E-state index in [0.29, 0.717) is 17.9 Å². The number of benzene rings is 1. The number of halogens is 1. The van der Waals surface area contributed by atoms with Crippen molar-refractivity contribution >= 4 is 28.8 Å². The highest BCUT2D eigenvalue weighted by molar-refractivity contribution is 6.19. The van der Waals surface area contributed by atoms with Crippen LogP contribution in [0.15, 0.2) is 18.2 Å². The fraction of sp³-hybridized carbons (Fsp3) is 0.273. The molecule has 0 aliphatic carbocycles. The van der Waals surface area contributed by atoms with Gasteiger partial charge in [-0.2, -0.15) is 0 Å². The molecule has 0 fully saturated rings. The maximum absolute atomic E-state index is 11.6. The Kier molecular flexibility index (Phi) is 2.82. The molecule has 1 aliphatic heterocycles. The van der Waals surface area contributed by atoms with E-state index in [4.69, 9.17) is 11.6 Å². The zero-order valence-corrected chi connectivity index (χ0v) is 9.21. The van der Waals surface area contributed by atoms with Crippen LogP contribution in [0, 0.1) is 6.67 Å². The Balaban J connectivity index is 2.27. The number of rotatable bonds is 3. The molecule has 1 N–H and O–H groups in total. The van der Waals surface area contributed by atoms with Gasteiger partial charge in [0.15, 0.2) is 5.78 Å². The third kappa shape index (κ3) is 1.92. The monoisotopic (exact) mass is 223 g/mol. The Bertz CT molecular complexity index is 392.